The highest BCUT2D eigenvalue weighted by Crippen LogP contribution is 2.31. The Kier molecular flexibility index (Phi) is 6.54. The molecule has 0 saturated carbocycles. The molecule has 5 nitrogen and oxygen atoms in total. The Morgan fingerprint density at radius 1 is 1.35 bits per heavy atom. The molecule has 0 saturated heterocycles. The predicted octanol–water partition coefficient (Wildman–Crippen LogP) is 2.69. The fraction of sp³-hybridized carbons (Fsp3) is 0.364. The SMILES string of the molecule is COCCCNC(=O)c1cc(Cl)cc(S(=O)(=O)Cl)c1Cl. The zero-order valence-corrected chi connectivity index (χ0v) is 13.5. The molecule has 0 atom stereocenters. The molecule has 0 aliphatic carbocycles. The Bertz CT molecular complexity index is 604. The minimum Gasteiger partial charge on any atom is -0.385 e. The second-order valence-corrected chi connectivity index (χ2v) is 7.15. The van der Waals surface area contributed by atoms with Crippen molar-refractivity contribution in [1.29, 1.82) is 0 Å². The summed E-state index contributed by atoms with van der Waals surface area (Å²) in [7, 11) is 2.70. The molecular weight excluding hydrogens is 349 g/mol. The quantitative estimate of drug-likeness (QED) is 0.625. The average Bonchev–Trinajstić information content (AvgIpc) is 2.35. The van der Waals surface area contributed by atoms with E-state index in [0.717, 1.165) is 6.07 Å². The Hall–Kier alpha value is -0.530. The van der Waals surface area contributed by atoms with Gasteiger partial charge in [0.25, 0.3) is 15.0 Å². The molecule has 112 valence electrons. The maximum Gasteiger partial charge on any atom is 0.262 e. The number of nitrogens with one attached hydrogen (secondary N) is 1. The molecule has 1 amide bonds. The standard InChI is InChI=1S/C11H12Cl3NO4S/c1-19-4-2-3-15-11(16)8-5-7(12)6-9(10(8)13)20(14,17)18/h5-6H,2-4H2,1H3,(H,15,16). The lowest BCUT2D eigenvalue weighted by atomic mass is 10.2. The van der Waals surface area contributed by atoms with Crippen molar-refractivity contribution in [1.82, 2.24) is 5.32 Å². The van der Waals surface area contributed by atoms with Gasteiger partial charge in [-0.15, -0.1) is 0 Å². The fourth-order valence-corrected chi connectivity index (χ4v) is 3.28. The Morgan fingerprint density at radius 3 is 2.55 bits per heavy atom. The summed E-state index contributed by atoms with van der Waals surface area (Å²) in [5.41, 5.74) is -0.0455. The fourth-order valence-electron chi connectivity index (χ4n) is 1.42. The van der Waals surface area contributed by atoms with Crippen molar-refractivity contribution in [2.24, 2.45) is 0 Å². The third-order valence-electron chi connectivity index (χ3n) is 2.32. The van der Waals surface area contributed by atoms with Gasteiger partial charge in [0.1, 0.15) is 4.90 Å². The normalized spacial score (nSPS) is 11.4. The van der Waals surface area contributed by atoms with E-state index in [1.165, 1.54) is 6.07 Å². The largest absolute Gasteiger partial charge is 0.385 e. The molecule has 0 spiro atoms. The Morgan fingerprint density at radius 2 is 2.00 bits per heavy atom. The van der Waals surface area contributed by atoms with Gasteiger partial charge in [-0.3, -0.25) is 4.79 Å². The zero-order chi connectivity index (χ0) is 15.3. The van der Waals surface area contributed by atoms with Crippen LogP contribution in [0.4, 0.5) is 0 Å². The highest BCUT2D eigenvalue weighted by molar-refractivity contribution is 8.13. The minimum absolute atomic E-state index is 0.0455. The van der Waals surface area contributed by atoms with E-state index in [1.807, 2.05) is 0 Å². The lowest BCUT2D eigenvalue weighted by molar-refractivity contribution is 0.0948. The molecule has 0 aliphatic heterocycles. The topological polar surface area (TPSA) is 72.5 Å². The van der Waals surface area contributed by atoms with Gasteiger partial charge in [-0.2, -0.15) is 0 Å². The third-order valence-corrected chi connectivity index (χ3v) is 4.41. The molecule has 0 radical (unpaired) electrons. The first kappa shape index (κ1) is 17.5. The van der Waals surface area contributed by atoms with Crippen LogP contribution in [0.15, 0.2) is 17.0 Å². The van der Waals surface area contributed by atoms with E-state index < -0.39 is 19.9 Å². The molecule has 0 bridgehead atoms. The Balaban J connectivity index is 3.01. The molecular formula is C11H12Cl3NO4S. The van der Waals surface area contributed by atoms with Crippen molar-refractivity contribution in [2.45, 2.75) is 11.3 Å². The number of carbonyl (C=O) groups excluding carboxylic acids is 1. The monoisotopic (exact) mass is 359 g/mol. The van der Waals surface area contributed by atoms with Crippen molar-refractivity contribution < 1.29 is 17.9 Å². The van der Waals surface area contributed by atoms with Gasteiger partial charge >= 0.3 is 0 Å². The molecule has 0 aliphatic rings. The third kappa shape index (κ3) is 4.79. The predicted molar refractivity (Wildman–Crippen MR) is 78.3 cm³/mol. The van der Waals surface area contributed by atoms with Gasteiger partial charge in [0, 0.05) is 36.0 Å². The van der Waals surface area contributed by atoms with E-state index in [4.69, 9.17) is 38.6 Å². The highest BCUT2D eigenvalue weighted by Gasteiger charge is 2.22. The maximum absolute atomic E-state index is 11.9. The number of carbonyl (C=O) groups is 1. The van der Waals surface area contributed by atoms with E-state index in [0.29, 0.717) is 19.6 Å². The van der Waals surface area contributed by atoms with Crippen LogP contribution in [0.2, 0.25) is 10.0 Å². The zero-order valence-electron chi connectivity index (χ0n) is 10.5. The van der Waals surface area contributed by atoms with Crippen molar-refractivity contribution in [3.63, 3.8) is 0 Å². The van der Waals surface area contributed by atoms with E-state index in [9.17, 15) is 13.2 Å². The number of halogens is 3. The molecule has 0 fully saturated rings. The van der Waals surface area contributed by atoms with Crippen molar-refractivity contribution >= 4 is 48.8 Å². The minimum atomic E-state index is -4.09. The number of benzene rings is 1. The number of ether oxygens (including phenoxy) is 1. The number of hydrogen-bond acceptors (Lipinski definition) is 4. The molecule has 0 aromatic heterocycles. The van der Waals surface area contributed by atoms with Crippen molar-refractivity contribution in [3.8, 4) is 0 Å². The van der Waals surface area contributed by atoms with Crippen LogP contribution in [-0.4, -0.2) is 34.6 Å². The maximum atomic E-state index is 11.9. The van der Waals surface area contributed by atoms with E-state index >= 15 is 0 Å². The summed E-state index contributed by atoms with van der Waals surface area (Å²) in [4.78, 5) is 11.5. The highest BCUT2D eigenvalue weighted by atomic mass is 35.7. The van der Waals surface area contributed by atoms with Gasteiger partial charge < -0.3 is 10.1 Å². The summed E-state index contributed by atoms with van der Waals surface area (Å²) in [6, 6.07) is 2.37. The molecule has 20 heavy (non-hydrogen) atoms. The number of amides is 1. The van der Waals surface area contributed by atoms with Crippen LogP contribution >= 0.6 is 33.9 Å². The first-order valence-electron chi connectivity index (χ1n) is 5.48. The molecule has 0 unspecified atom stereocenters. The number of methoxy groups -OCH3 is 1. The Labute approximate surface area is 131 Å². The van der Waals surface area contributed by atoms with Crippen LogP contribution in [-0.2, 0) is 13.8 Å². The van der Waals surface area contributed by atoms with E-state index in [1.54, 1.807) is 7.11 Å². The lowest BCUT2D eigenvalue weighted by Crippen LogP contribution is -2.25. The molecule has 1 N–H and O–H groups in total. The van der Waals surface area contributed by atoms with Gasteiger partial charge in [0.05, 0.1) is 10.6 Å². The molecule has 1 rings (SSSR count). The second-order valence-electron chi connectivity index (χ2n) is 3.81. The summed E-state index contributed by atoms with van der Waals surface area (Å²) >= 11 is 11.7. The first-order chi connectivity index (χ1) is 9.27. The van der Waals surface area contributed by atoms with Crippen LogP contribution in [0.25, 0.3) is 0 Å². The van der Waals surface area contributed by atoms with Crippen molar-refractivity contribution in [3.05, 3.63) is 27.7 Å². The summed E-state index contributed by atoms with van der Waals surface area (Å²) in [6.07, 6.45) is 0.612. The van der Waals surface area contributed by atoms with E-state index in [-0.39, 0.29) is 15.6 Å². The number of rotatable bonds is 6. The van der Waals surface area contributed by atoms with E-state index in [2.05, 4.69) is 5.32 Å². The molecule has 0 heterocycles. The molecule has 1 aromatic carbocycles. The van der Waals surface area contributed by atoms with Crippen LogP contribution in [0, 0.1) is 0 Å². The van der Waals surface area contributed by atoms with Crippen LogP contribution < -0.4 is 5.32 Å². The smallest absolute Gasteiger partial charge is 0.262 e. The summed E-state index contributed by atoms with van der Waals surface area (Å²) in [5.74, 6) is -0.532. The summed E-state index contributed by atoms with van der Waals surface area (Å²) < 4.78 is 27.5. The van der Waals surface area contributed by atoms with Crippen LogP contribution in [0.5, 0.6) is 0 Å². The van der Waals surface area contributed by atoms with Gasteiger partial charge in [0.15, 0.2) is 0 Å². The van der Waals surface area contributed by atoms with Gasteiger partial charge in [-0.05, 0) is 18.6 Å². The summed E-state index contributed by atoms with van der Waals surface area (Å²) in [5, 5.41) is 2.38. The summed E-state index contributed by atoms with van der Waals surface area (Å²) in [6.45, 7) is 0.851. The van der Waals surface area contributed by atoms with Crippen molar-refractivity contribution in [2.75, 3.05) is 20.3 Å². The van der Waals surface area contributed by atoms with Gasteiger partial charge in [-0.1, -0.05) is 23.2 Å². The first-order valence-corrected chi connectivity index (χ1v) is 8.54. The van der Waals surface area contributed by atoms with Crippen LogP contribution in [0.3, 0.4) is 0 Å². The number of hydrogen-bond donors (Lipinski definition) is 1. The van der Waals surface area contributed by atoms with Gasteiger partial charge in [0.2, 0.25) is 0 Å². The average molecular weight is 361 g/mol. The molecule has 1 aromatic rings. The van der Waals surface area contributed by atoms with Crippen LogP contribution in [0.1, 0.15) is 16.8 Å². The van der Waals surface area contributed by atoms with Gasteiger partial charge in [-0.25, -0.2) is 8.42 Å². The second kappa shape index (κ2) is 7.47. The molecule has 9 heteroatoms. The lowest BCUT2D eigenvalue weighted by Gasteiger charge is -2.09.